The van der Waals surface area contributed by atoms with Gasteiger partial charge in [-0.05, 0) is 23.3 Å². The number of carbonyl (C=O) groups excluding carboxylic acids is 2. The zero-order chi connectivity index (χ0) is 14.4. The molecule has 0 aliphatic heterocycles. The number of carbonyl (C=O) groups is 2. The second-order valence-electron chi connectivity index (χ2n) is 4.45. The first-order valence-corrected chi connectivity index (χ1v) is 6.61. The minimum absolute atomic E-state index is 0.377. The van der Waals surface area contributed by atoms with Crippen molar-refractivity contribution in [1.82, 2.24) is 5.32 Å². The Kier molecular flexibility index (Phi) is 4.71. The molecule has 0 heterocycles. The third-order valence-corrected chi connectivity index (χ3v) is 3.03. The van der Waals surface area contributed by atoms with Crippen molar-refractivity contribution in [2.45, 2.75) is 19.4 Å². The van der Waals surface area contributed by atoms with Gasteiger partial charge >= 0.3 is 6.09 Å². The molecule has 0 spiro atoms. The Balaban J connectivity index is 2.17. The summed E-state index contributed by atoms with van der Waals surface area (Å²) in [5.74, 6) is 0. The predicted octanol–water partition coefficient (Wildman–Crippen LogP) is 2.70. The lowest BCUT2D eigenvalue weighted by Crippen LogP contribution is -2.30. The van der Waals surface area contributed by atoms with E-state index in [1.165, 1.54) is 0 Å². The van der Waals surface area contributed by atoms with Crippen LogP contribution >= 0.6 is 0 Å². The molecule has 2 aromatic rings. The third kappa shape index (κ3) is 3.35. The quantitative estimate of drug-likeness (QED) is 0.851. The van der Waals surface area contributed by atoms with Crippen LogP contribution in [0.4, 0.5) is 4.79 Å². The number of hydrogen-bond acceptors (Lipinski definition) is 3. The number of amides is 1. The van der Waals surface area contributed by atoms with Gasteiger partial charge in [-0.2, -0.15) is 0 Å². The van der Waals surface area contributed by atoms with E-state index in [9.17, 15) is 9.59 Å². The maximum absolute atomic E-state index is 11.4. The molecule has 1 unspecified atom stereocenters. The highest BCUT2D eigenvalue weighted by molar-refractivity contribution is 5.86. The summed E-state index contributed by atoms with van der Waals surface area (Å²) in [6.07, 6.45) is -0.295. The first-order valence-electron chi connectivity index (χ1n) is 6.61. The lowest BCUT2D eigenvalue weighted by Gasteiger charge is -2.13. The van der Waals surface area contributed by atoms with Gasteiger partial charge in [-0.25, -0.2) is 4.79 Å². The summed E-state index contributed by atoms with van der Waals surface area (Å²) < 4.78 is 5.07. The van der Waals surface area contributed by atoms with E-state index in [-0.39, 0.29) is 0 Å². The van der Waals surface area contributed by atoms with Crippen LogP contribution in [0.15, 0.2) is 42.5 Å². The van der Waals surface area contributed by atoms with Gasteiger partial charge in [0.15, 0.2) is 12.4 Å². The SMILES string of the molecule is CCNC(=O)OC(C=O)Cc1cccc2ccccc12. The van der Waals surface area contributed by atoms with Crippen molar-refractivity contribution in [1.29, 1.82) is 0 Å². The summed E-state index contributed by atoms with van der Waals surface area (Å²) in [6.45, 7) is 2.26. The van der Waals surface area contributed by atoms with Gasteiger partial charge in [0, 0.05) is 13.0 Å². The first-order chi connectivity index (χ1) is 9.74. The Bertz CT molecular complexity index is 604. The van der Waals surface area contributed by atoms with E-state index in [1.54, 1.807) is 6.92 Å². The maximum atomic E-state index is 11.4. The van der Waals surface area contributed by atoms with Gasteiger partial charge in [-0.3, -0.25) is 4.79 Å². The van der Waals surface area contributed by atoms with E-state index in [0.717, 1.165) is 16.3 Å². The number of alkyl carbamates (subject to hydrolysis) is 1. The van der Waals surface area contributed by atoms with Crippen molar-refractivity contribution in [2.24, 2.45) is 0 Å². The smallest absolute Gasteiger partial charge is 0.407 e. The Morgan fingerprint density at radius 2 is 2.00 bits per heavy atom. The van der Waals surface area contributed by atoms with Crippen LogP contribution in [0.25, 0.3) is 10.8 Å². The van der Waals surface area contributed by atoms with Crippen molar-refractivity contribution in [3.8, 4) is 0 Å². The lowest BCUT2D eigenvalue weighted by atomic mass is 10.0. The molecule has 104 valence electrons. The maximum Gasteiger partial charge on any atom is 0.407 e. The summed E-state index contributed by atoms with van der Waals surface area (Å²) in [4.78, 5) is 22.5. The van der Waals surface area contributed by atoms with Crippen molar-refractivity contribution >= 4 is 23.2 Å². The van der Waals surface area contributed by atoms with Crippen LogP contribution < -0.4 is 5.32 Å². The predicted molar refractivity (Wildman–Crippen MR) is 77.7 cm³/mol. The Morgan fingerprint density at radius 3 is 2.75 bits per heavy atom. The molecule has 4 heteroatoms. The van der Waals surface area contributed by atoms with Crippen molar-refractivity contribution < 1.29 is 14.3 Å². The molecule has 0 saturated carbocycles. The second kappa shape index (κ2) is 6.70. The summed E-state index contributed by atoms with van der Waals surface area (Å²) in [5.41, 5.74) is 0.990. The minimum atomic E-state index is -0.771. The van der Waals surface area contributed by atoms with Crippen LogP contribution in [0, 0.1) is 0 Å². The molecular weight excluding hydrogens is 254 g/mol. The molecule has 2 rings (SSSR count). The zero-order valence-electron chi connectivity index (χ0n) is 11.3. The average Bonchev–Trinajstić information content (AvgIpc) is 2.47. The van der Waals surface area contributed by atoms with Crippen LogP contribution in [0.2, 0.25) is 0 Å². The van der Waals surface area contributed by atoms with E-state index >= 15 is 0 Å². The van der Waals surface area contributed by atoms with Crippen LogP contribution in [0.3, 0.4) is 0 Å². The molecule has 0 aromatic heterocycles. The van der Waals surface area contributed by atoms with Crippen LogP contribution in [0.1, 0.15) is 12.5 Å². The number of benzene rings is 2. The fourth-order valence-electron chi connectivity index (χ4n) is 2.13. The Hall–Kier alpha value is -2.36. The fourth-order valence-corrected chi connectivity index (χ4v) is 2.13. The number of rotatable bonds is 5. The summed E-state index contributed by atoms with van der Waals surface area (Å²) >= 11 is 0. The Morgan fingerprint density at radius 1 is 1.25 bits per heavy atom. The molecule has 0 aliphatic rings. The minimum Gasteiger partial charge on any atom is -0.438 e. The summed E-state index contributed by atoms with van der Waals surface area (Å²) in [6, 6.07) is 13.8. The van der Waals surface area contributed by atoms with Crippen molar-refractivity contribution in [3.63, 3.8) is 0 Å². The number of fused-ring (bicyclic) bond motifs is 1. The monoisotopic (exact) mass is 271 g/mol. The molecular formula is C16H17NO3. The number of nitrogens with one attached hydrogen (secondary N) is 1. The molecule has 4 nitrogen and oxygen atoms in total. The van der Waals surface area contributed by atoms with Gasteiger partial charge in [0.25, 0.3) is 0 Å². The van der Waals surface area contributed by atoms with E-state index < -0.39 is 12.2 Å². The number of ether oxygens (including phenoxy) is 1. The fraction of sp³-hybridized carbons (Fsp3) is 0.250. The van der Waals surface area contributed by atoms with Gasteiger partial charge in [-0.1, -0.05) is 42.5 Å². The van der Waals surface area contributed by atoms with Gasteiger partial charge in [0.05, 0.1) is 0 Å². The largest absolute Gasteiger partial charge is 0.438 e. The summed E-state index contributed by atoms with van der Waals surface area (Å²) in [7, 11) is 0. The van der Waals surface area contributed by atoms with Gasteiger partial charge in [0.1, 0.15) is 0 Å². The van der Waals surface area contributed by atoms with Crippen molar-refractivity contribution in [2.75, 3.05) is 6.54 Å². The molecule has 0 saturated heterocycles. The van der Waals surface area contributed by atoms with Crippen LogP contribution in [0.5, 0.6) is 0 Å². The molecule has 1 atom stereocenters. The summed E-state index contributed by atoms with van der Waals surface area (Å²) in [5, 5.41) is 4.69. The van der Waals surface area contributed by atoms with Gasteiger partial charge in [0.2, 0.25) is 0 Å². The third-order valence-electron chi connectivity index (χ3n) is 3.03. The molecule has 2 aromatic carbocycles. The molecule has 0 bridgehead atoms. The molecule has 20 heavy (non-hydrogen) atoms. The number of hydrogen-bond donors (Lipinski definition) is 1. The van der Waals surface area contributed by atoms with E-state index in [2.05, 4.69) is 5.32 Å². The van der Waals surface area contributed by atoms with Gasteiger partial charge in [-0.15, -0.1) is 0 Å². The normalized spacial score (nSPS) is 11.8. The van der Waals surface area contributed by atoms with Gasteiger partial charge < -0.3 is 10.1 Å². The highest BCUT2D eigenvalue weighted by Gasteiger charge is 2.14. The van der Waals surface area contributed by atoms with E-state index in [1.807, 2.05) is 42.5 Å². The Labute approximate surface area is 117 Å². The molecule has 1 amide bonds. The van der Waals surface area contributed by atoms with E-state index in [4.69, 9.17) is 4.74 Å². The zero-order valence-corrected chi connectivity index (χ0v) is 11.3. The highest BCUT2D eigenvalue weighted by Crippen LogP contribution is 2.20. The lowest BCUT2D eigenvalue weighted by molar-refractivity contribution is -0.115. The number of aldehydes is 1. The van der Waals surface area contributed by atoms with E-state index in [0.29, 0.717) is 19.3 Å². The molecule has 1 N–H and O–H groups in total. The van der Waals surface area contributed by atoms with Crippen LogP contribution in [-0.2, 0) is 16.0 Å². The first kappa shape index (κ1) is 14.1. The topological polar surface area (TPSA) is 55.4 Å². The average molecular weight is 271 g/mol. The second-order valence-corrected chi connectivity index (χ2v) is 4.45. The molecule has 0 fully saturated rings. The van der Waals surface area contributed by atoms with Crippen molar-refractivity contribution in [3.05, 3.63) is 48.0 Å². The molecule has 0 aliphatic carbocycles. The standard InChI is InChI=1S/C16H17NO3/c1-2-17-16(19)20-14(11-18)10-13-8-5-7-12-6-3-4-9-15(12)13/h3-9,11,14H,2,10H2,1H3,(H,17,19). The van der Waals surface area contributed by atoms with Crippen LogP contribution in [-0.4, -0.2) is 25.0 Å². The molecule has 0 radical (unpaired) electrons. The highest BCUT2D eigenvalue weighted by atomic mass is 16.6.